The van der Waals surface area contributed by atoms with Gasteiger partial charge in [0.05, 0.1) is 11.6 Å². The molecule has 0 atom stereocenters. The van der Waals surface area contributed by atoms with E-state index in [1.807, 2.05) is 0 Å². The van der Waals surface area contributed by atoms with Crippen molar-refractivity contribution in [2.75, 3.05) is 6.61 Å². The van der Waals surface area contributed by atoms with Crippen LogP contribution in [0.2, 0.25) is 0 Å². The number of halogens is 3. The third-order valence-corrected chi connectivity index (χ3v) is 2.61. The summed E-state index contributed by atoms with van der Waals surface area (Å²) < 4.78 is 27.1. The molecule has 0 aliphatic carbocycles. The molecule has 1 N–H and O–H groups in total. The number of aliphatic hydroxyl groups is 1. The molecule has 0 aliphatic rings. The number of alkyl halides is 2. The lowest BCUT2D eigenvalue weighted by Crippen LogP contribution is -2.16. The Hall–Kier alpha value is -0.990. The summed E-state index contributed by atoms with van der Waals surface area (Å²) in [5.74, 6) is -3.12. The van der Waals surface area contributed by atoms with E-state index in [1.165, 1.54) is 12.1 Å². The third-order valence-electron chi connectivity index (χ3n) is 1.92. The molecule has 15 heavy (non-hydrogen) atoms. The van der Waals surface area contributed by atoms with Crippen LogP contribution in [0.25, 0.3) is 0 Å². The quantitative estimate of drug-likeness (QED) is 0.922. The van der Waals surface area contributed by atoms with Crippen molar-refractivity contribution in [2.45, 2.75) is 12.3 Å². The van der Waals surface area contributed by atoms with Crippen molar-refractivity contribution < 1.29 is 13.9 Å². The molecule has 0 fully saturated rings. The van der Waals surface area contributed by atoms with E-state index in [1.54, 1.807) is 6.07 Å². The highest BCUT2D eigenvalue weighted by Crippen LogP contribution is 2.36. The Kier molecular flexibility index (Phi) is 3.77. The zero-order valence-corrected chi connectivity index (χ0v) is 9.26. The molecule has 0 heterocycles. The normalized spacial score (nSPS) is 11.1. The van der Waals surface area contributed by atoms with Crippen LogP contribution in [0, 0.1) is 11.3 Å². The van der Waals surface area contributed by atoms with Crippen molar-refractivity contribution in [3.8, 4) is 6.07 Å². The van der Waals surface area contributed by atoms with Gasteiger partial charge in [0.1, 0.15) is 0 Å². The van der Waals surface area contributed by atoms with Crippen molar-refractivity contribution in [3.63, 3.8) is 0 Å². The maximum atomic E-state index is 13.4. The van der Waals surface area contributed by atoms with E-state index < -0.39 is 19.0 Å². The van der Waals surface area contributed by atoms with E-state index in [0.717, 1.165) is 6.07 Å². The second-order valence-electron chi connectivity index (χ2n) is 2.98. The van der Waals surface area contributed by atoms with E-state index in [4.69, 9.17) is 10.4 Å². The van der Waals surface area contributed by atoms with E-state index in [2.05, 4.69) is 15.9 Å². The number of aliphatic hydroxyl groups excluding tert-OH is 1. The minimum absolute atomic E-state index is 0.172. The molecule has 80 valence electrons. The summed E-state index contributed by atoms with van der Waals surface area (Å²) in [5.41, 5.74) is -0.0959. The zero-order chi connectivity index (χ0) is 11.5. The zero-order valence-electron chi connectivity index (χ0n) is 7.67. The predicted octanol–water partition coefficient (Wildman–Crippen LogP) is 2.79. The Morgan fingerprint density at radius 3 is 2.67 bits per heavy atom. The number of rotatable bonds is 3. The van der Waals surface area contributed by atoms with Gasteiger partial charge in [-0.25, -0.2) is 8.78 Å². The minimum atomic E-state index is -3.12. The second-order valence-corrected chi connectivity index (χ2v) is 3.84. The fraction of sp³-hybridized carbons (Fsp3) is 0.300. The van der Waals surface area contributed by atoms with Gasteiger partial charge in [0.2, 0.25) is 0 Å². The van der Waals surface area contributed by atoms with Gasteiger partial charge in [0.25, 0.3) is 5.92 Å². The molecule has 0 radical (unpaired) electrons. The number of hydrogen-bond acceptors (Lipinski definition) is 2. The minimum Gasteiger partial charge on any atom is -0.396 e. The van der Waals surface area contributed by atoms with Crippen molar-refractivity contribution in [1.82, 2.24) is 0 Å². The summed E-state index contributed by atoms with van der Waals surface area (Å²) in [6, 6.07) is 5.77. The summed E-state index contributed by atoms with van der Waals surface area (Å²) >= 11 is 2.99. The lowest BCUT2D eigenvalue weighted by molar-refractivity contribution is -0.0276. The van der Waals surface area contributed by atoms with Crippen LogP contribution < -0.4 is 0 Å². The first kappa shape index (κ1) is 12.1. The maximum absolute atomic E-state index is 13.4. The smallest absolute Gasteiger partial charge is 0.276 e. The Morgan fingerprint density at radius 1 is 1.47 bits per heavy atom. The van der Waals surface area contributed by atoms with Gasteiger partial charge in [-0.2, -0.15) is 5.26 Å². The molecular weight excluding hydrogens is 268 g/mol. The SMILES string of the molecule is N#Cc1ccc(Br)c(C(F)(F)CCO)c1. The molecule has 5 heteroatoms. The molecule has 2 nitrogen and oxygen atoms in total. The number of benzene rings is 1. The highest BCUT2D eigenvalue weighted by Gasteiger charge is 2.33. The average Bonchev–Trinajstić information content (AvgIpc) is 2.18. The monoisotopic (exact) mass is 275 g/mol. The van der Waals surface area contributed by atoms with Crippen LogP contribution in [-0.4, -0.2) is 11.7 Å². The topological polar surface area (TPSA) is 44.0 Å². The van der Waals surface area contributed by atoms with Gasteiger partial charge >= 0.3 is 0 Å². The standard InChI is InChI=1S/C10H8BrF2NO/c11-9-2-1-7(6-14)5-8(9)10(12,13)3-4-15/h1-2,5,15H,3-4H2. The predicted molar refractivity (Wildman–Crippen MR) is 54.5 cm³/mol. The molecule has 0 aromatic heterocycles. The molecular formula is C10H8BrF2NO. The van der Waals surface area contributed by atoms with Crippen molar-refractivity contribution in [1.29, 1.82) is 5.26 Å². The summed E-state index contributed by atoms with van der Waals surface area (Å²) in [5, 5.41) is 17.1. The molecule has 0 unspecified atom stereocenters. The van der Waals surface area contributed by atoms with Crippen LogP contribution in [0.1, 0.15) is 17.5 Å². The molecule has 1 aromatic carbocycles. The van der Waals surface area contributed by atoms with Gasteiger partial charge < -0.3 is 5.11 Å². The van der Waals surface area contributed by atoms with Gasteiger partial charge in [0, 0.05) is 23.1 Å². The Bertz CT molecular complexity index is 401. The lowest BCUT2D eigenvalue weighted by Gasteiger charge is -2.17. The molecule has 0 saturated carbocycles. The highest BCUT2D eigenvalue weighted by atomic mass is 79.9. The number of nitrogens with zero attached hydrogens (tertiary/aromatic N) is 1. The molecule has 0 bridgehead atoms. The summed E-state index contributed by atoms with van der Waals surface area (Å²) in [4.78, 5) is 0. The summed E-state index contributed by atoms with van der Waals surface area (Å²) in [7, 11) is 0. The van der Waals surface area contributed by atoms with Crippen LogP contribution in [0.4, 0.5) is 8.78 Å². The van der Waals surface area contributed by atoms with E-state index in [0.29, 0.717) is 0 Å². The number of hydrogen-bond donors (Lipinski definition) is 1. The van der Waals surface area contributed by atoms with E-state index in [-0.39, 0.29) is 15.6 Å². The van der Waals surface area contributed by atoms with Gasteiger partial charge in [-0.1, -0.05) is 15.9 Å². The van der Waals surface area contributed by atoms with E-state index >= 15 is 0 Å². The highest BCUT2D eigenvalue weighted by molar-refractivity contribution is 9.10. The van der Waals surface area contributed by atoms with Crippen LogP contribution >= 0.6 is 15.9 Å². The first-order valence-corrected chi connectivity index (χ1v) is 4.99. The summed E-state index contributed by atoms with van der Waals surface area (Å²) in [6.07, 6.45) is -0.652. The first-order chi connectivity index (χ1) is 7.01. The lowest BCUT2D eigenvalue weighted by atomic mass is 10.0. The first-order valence-electron chi connectivity index (χ1n) is 4.20. The van der Waals surface area contributed by atoms with Gasteiger partial charge in [0.15, 0.2) is 0 Å². The fourth-order valence-electron chi connectivity index (χ4n) is 1.15. The van der Waals surface area contributed by atoms with Crippen molar-refractivity contribution in [3.05, 3.63) is 33.8 Å². The van der Waals surface area contributed by atoms with Crippen LogP contribution in [0.3, 0.4) is 0 Å². The Labute approximate surface area is 94.3 Å². The Morgan fingerprint density at radius 2 is 2.13 bits per heavy atom. The van der Waals surface area contributed by atoms with Gasteiger partial charge in [-0.3, -0.25) is 0 Å². The molecule has 0 aliphatic heterocycles. The third kappa shape index (κ3) is 2.74. The van der Waals surface area contributed by atoms with Crippen LogP contribution in [0.5, 0.6) is 0 Å². The molecule has 1 aromatic rings. The molecule has 0 saturated heterocycles. The van der Waals surface area contributed by atoms with Gasteiger partial charge in [-0.15, -0.1) is 0 Å². The second kappa shape index (κ2) is 4.69. The van der Waals surface area contributed by atoms with Crippen molar-refractivity contribution >= 4 is 15.9 Å². The van der Waals surface area contributed by atoms with Gasteiger partial charge in [-0.05, 0) is 18.2 Å². The fourth-order valence-corrected chi connectivity index (χ4v) is 1.69. The molecule has 1 rings (SSSR count). The molecule has 0 amide bonds. The number of nitriles is 1. The van der Waals surface area contributed by atoms with Crippen LogP contribution in [-0.2, 0) is 5.92 Å². The van der Waals surface area contributed by atoms with Crippen LogP contribution in [0.15, 0.2) is 22.7 Å². The molecule has 0 spiro atoms. The average molecular weight is 276 g/mol. The van der Waals surface area contributed by atoms with Crippen molar-refractivity contribution in [2.24, 2.45) is 0 Å². The summed E-state index contributed by atoms with van der Waals surface area (Å²) in [6.45, 7) is -0.601. The maximum Gasteiger partial charge on any atom is 0.276 e. The van der Waals surface area contributed by atoms with E-state index in [9.17, 15) is 8.78 Å². The largest absolute Gasteiger partial charge is 0.396 e. The Balaban J connectivity index is 3.18.